The Kier molecular flexibility index (Phi) is 19.6. The third-order valence-electron chi connectivity index (χ3n) is 16.5. The van der Waals surface area contributed by atoms with E-state index in [1.54, 1.807) is 12.1 Å². The van der Waals surface area contributed by atoms with Crippen molar-refractivity contribution in [3.8, 4) is 11.5 Å². The zero-order valence-electron chi connectivity index (χ0n) is 49.9. The van der Waals surface area contributed by atoms with Gasteiger partial charge in [-0.1, -0.05) is 39.3 Å². The summed E-state index contributed by atoms with van der Waals surface area (Å²) in [6, 6.07) is 10.3. The van der Waals surface area contributed by atoms with E-state index >= 15 is 0 Å². The number of nitrogens with one attached hydrogen (secondary N) is 5. The summed E-state index contributed by atoms with van der Waals surface area (Å²) in [6.45, 7) is 9.65. The van der Waals surface area contributed by atoms with E-state index in [1.807, 2.05) is 12.1 Å². The molecule has 1 saturated heterocycles. The van der Waals surface area contributed by atoms with Crippen LogP contribution in [0.3, 0.4) is 0 Å². The standard InChI is InChI=1S/C62H69N11O15S3/c1-4-6-10-35-26-43-51(44-27-36-11-8-23-72-24-9-13-42(53(36)72)55(44)88-54(43)40(33(35)3)12-7-5-2)41-19-18-39(28-48(41)91(85,86)87)90(83,84)66-22-25-73-50(75)29-47(59(73)78)89-32-46(61(81)82)68-49(74)21-20-45(60(79)80)69-57(76)34-14-16-37(17-15-34)64-30-38-31-65-56-52(67-38)58(77)71-62(63)70-56/h14-19,26-28,31,45-47,64,66H,3-13,20-25,29-30,32H2,1-2H3,(H,68,74)(H,69,76)(H,79,80)(H,81,82)(H,85,86,87)(H3,63,65,70,71,77). The molecule has 29 heteroatoms. The topological polar surface area (TPSA) is 393 Å². The van der Waals surface area contributed by atoms with Crippen molar-refractivity contribution >= 4 is 108 Å². The molecular weight excluding hydrogens is 1230 g/mol. The maximum Gasteiger partial charge on any atom is 0.327 e. The van der Waals surface area contributed by atoms with Crippen molar-refractivity contribution in [3.05, 3.63) is 126 Å². The number of carboxylic acid groups (broad SMARTS) is 2. The van der Waals surface area contributed by atoms with E-state index in [4.69, 9.17) is 10.5 Å². The summed E-state index contributed by atoms with van der Waals surface area (Å²) < 4.78 is 76.0. The van der Waals surface area contributed by atoms with Gasteiger partial charge in [-0.2, -0.15) is 13.4 Å². The number of fused-ring (bicyclic) bond motifs is 4. The Morgan fingerprint density at radius 2 is 1.62 bits per heavy atom. The minimum absolute atomic E-state index is 0.00830. The highest BCUT2D eigenvalue weighted by atomic mass is 32.2. The van der Waals surface area contributed by atoms with E-state index in [9.17, 15) is 65.2 Å². The normalized spacial score (nSPS) is 15.9. The molecule has 4 aliphatic heterocycles. The Morgan fingerprint density at radius 3 is 2.33 bits per heavy atom. The number of carbonyl (C=O) groups excluding carboxylic acids is 4. The average Bonchev–Trinajstić information content (AvgIpc) is 1.07. The van der Waals surface area contributed by atoms with E-state index in [-0.39, 0.29) is 41.2 Å². The molecular formula is C62H69N11O15S3. The number of aromatic nitrogens is 4. The summed E-state index contributed by atoms with van der Waals surface area (Å²) in [5, 5.41) is 27.9. The number of aryl methyl sites for hydroxylation is 2. The molecule has 4 amide bonds. The van der Waals surface area contributed by atoms with E-state index in [2.05, 4.69) is 65.9 Å². The number of H-pyrrole nitrogens is 1. The second kappa shape index (κ2) is 27.4. The predicted octanol–water partition coefficient (Wildman–Crippen LogP) is 3.67. The van der Waals surface area contributed by atoms with Crippen molar-refractivity contribution in [1.82, 2.24) is 40.2 Å². The zero-order valence-corrected chi connectivity index (χ0v) is 52.4. The molecule has 0 bridgehead atoms. The van der Waals surface area contributed by atoms with Gasteiger partial charge >= 0.3 is 11.9 Å². The Labute approximate surface area is 527 Å². The highest BCUT2D eigenvalue weighted by Crippen LogP contribution is 2.49. The third-order valence-corrected chi connectivity index (χ3v) is 20.1. The molecule has 3 atom stereocenters. The first-order chi connectivity index (χ1) is 43.4. The molecule has 0 saturated carbocycles. The van der Waals surface area contributed by atoms with Crippen LogP contribution >= 0.6 is 11.8 Å². The lowest BCUT2D eigenvalue weighted by Gasteiger charge is -2.39. The molecule has 10 N–H and O–H groups in total. The molecule has 10 rings (SSSR count). The highest BCUT2D eigenvalue weighted by Gasteiger charge is 2.40. The fourth-order valence-corrected chi connectivity index (χ4v) is 14.9. The summed E-state index contributed by atoms with van der Waals surface area (Å²) >= 11 is 0.760. The molecule has 0 aliphatic carbocycles. The third kappa shape index (κ3) is 14.2. The number of hydrogen-bond acceptors (Lipinski definition) is 19. The van der Waals surface area contributed by atoms with Crippen molar-refractivity contribution in [1.29, 1.82) is 0 Å². The second-order valence-electron chi connectivity index (χ2n) is 22.7. The zero-order chi connectivity index (χ0) is 65.1. The molecule has 1 fully saturated rings. The van der Waals surface area contributed by atoms with Crippen molar-refractivity contribution in [3.63, 3.8) is 0 Å². The molecule has 4 aliphatic rings. The van der Waals surface area contributed by atoms with Crippen LogP contribution in [0, 0.1) is 0 Å². The minimum atomic E-state index is -5.15. The number of nitrogen functional groups attached to an aromatic ring is 1. The maximum absolute atomic E-state index is 14.1. The summed E-state index contributed by atoms with van der Waals surface area (Å²) in [6.07, 6.45) is 8.17. The van der Waals surface area contributed by atoms with Crippen LogP contribution in [-0.2, 0) is 76.3 Å². The molecule has 91 heavy (non-hydrogen) atoms. The van der Waals surface area contributed by atoms with Crippen molar-refractivity contribution in [2.24, 2.45) is 0 Å². The fraction of sp³-hybridized carbons (Fsp3) is 0.387. The lowest BCUT2D eigenvalue weighted by atomic mass is 9.83. The molecule has 0 radical (unpaired) electrons. The molecule has 2 aromatic heterocycles. The molecule has 6 heterocycles. The van der Waals surface area contributed by atoms with Gasteiger partial charge < -0.3 is 41.5 Å². The largest absolute Gasteiger partial charge is 0.480 e. The van der Waals surface area contributed by atoms with Crippen LogP contribution in [0.2, 0.25) is 0 Å². The first-order valence-electron chi connectivity index (χ1n) is 29.9. The van der Waals surface area contributed by atoms with Gasteiger partial charge in [0.1, 0.15) is 28.5 Å². The first kappa shape index (κ1) is 65.2. The number of thioether (sulfide) groups is 1. The fourth-order valence-electron chi connectivity index (χ4n) is 11.9. The number of unbranched alkanes of at least 4 members (excludes halogenated alkanes) is 2. The first-order valence-corrected chi connectivity index (χ1v) is 33.9. The van der Waals surface area contributed by atoms with Crippen LogP contribution in [0.4, 0.5) is 17.3 Å². The van der Waals surface area contributed by atoms with Gasteiger partial charge in [0.25, 0.3) is 21.6 Å². The molecule has 26 nitrogen and oxygen atoms in total. The number of nitrogens with two attached hydrogens (primary N) is 1. The van der Waals surface area contributed by atoms with Crippen LogP contribution in [-0.4, -0.2) is 141 Å². The molecule has 6 aromatic rings. The Morgan fingerprint density at radius 1 is 0.890 bits per heavy atom. The average molecular weight is 1300 g/mol. The predicted molar refractivity (Wildman–Crippen MR) is 338 cm³/mol. The van der Waals surface area contributed by atoms with Gasteiger partial charge in [0.2, 0.25) is 33.7 Å². The van der Waals surface area contributed by atoms with Crippen molar-refractivity contribution in [2.75, 3.05) is 47.9 Å². The number of carbonyl (C=O) groups is 6. The van der Waals surface area contributed by atoms with Gasteiger partial charge in [0.15, 0.2) is 11.2 Å². The summed E-state index contributed by atoms with van der Waals surface area (Å²) in [7, 11) is -9.76. The number of sulfonamides is 1. The summed E-state index contributed by atoms with van der Waals surface area (Å²) in [5.74, 6) is -5.47. The smallest absolute Gasteiger partial charge is 0.327 e. The molecule has 0 spiro atoms. The SMILES string of the molecule is C=c1c(CCCC)cc2c(c1CCCC)Oc1c(cc3c4c1CCCN4CCC3)C=2c1ccc(S(=O)(=O)NCCN2C(=O)CC(SCC(NC(=O)CCC(NC(=O)c3ccc(NCc4cnc5nc(N)[nH]c(=O)c5n4)cc3)C(=O)O)C(=O)O)C2=O)cc1S(=O)(=O)O. The van der Waals surface area contributed by atoms with Gasteiger partial charge in [-0.25, -0.2) is 32.7 Å². The number of nitrogens with zero attached hydrogens (tertiary/aromatic N) is 5. The summed E-state index contributed by atoms with van der Waals surface area (Å²) in [5.41, 5.74) is 12.3. The quantitative estimate of drug-likeness (QED) is 0.0262. The van der Waals surface area contributed by atoms with Gasteiger partial charge in [-0.3, -0.25) is 38.4 Å². The second-order valence-corrected chi connectivity index (χ2v) is 27.1. The lowest BCUT2D eigenvalue weighted by molar-refractivity contribution is -0.142. The number of rotatable bonds is 27. The van der Waals surface area contributed by atoms with E-state index in [0.29, 0.717) is 52.1 Å². The number of ether oxygens (including phenoxy) is 1. The van der Waals surface area contributed by atoms with Crippen LogP contribution in [0.15, 0.2) is 75.4 Å². The molecule has 4 aromatic carbocycles. The number of carboxylic acids is 2. The molecule has 3 unspecified atom stereocenters. The number of anilines is 3. The number of imide groups is 1. The van der Waals surface area contributed by atoms with Crippen LogP contribution < -0.4 is 52.0 Å². The number of hydrogen-bond donors (Lipinski definition) is 9. The Bertz CT molecular complexity index is 4350. The lowest BCUT2D eigenvalue weighted by Crippen LogP contribution is -2.45. The highest BCUT2D eigenvalue weighted by molar-refractivity contribution is 8.00. The van der Waals surface area contributed by atoms with Gasteiger partial charge in [-0.05, 0) is 123 Å². The minimum Gasteiger partial charge on any atom is -0.480 e. The molecule has 480 valence electrons. The van der Waals surface area contributed by atoms with Crippen LogP contribution in [0.1, 0.15) is 121 Å². The van der Waals surface area contributed by atoms with Gasteiger partial charge in [0.05, 0.1) is 28.6 Å². The van der Waals surface area contributed by atoms with Crippen LogP contribution in [0.5, 0.6) is 11.5 Å². The monoisotopic (exact) mass is 1300 g/mol. The number of amides is 4. The summed E-state index contributed by atoms with van der Waals surface area (Å²) in [4.78, 5) is 106. The number of aliphatic carboxylic acids is 2. The number of likely N-dealkylation sites (tertiary alicyclic amines) is 1. The van der Waals surface area contributed by atoms with Crippen molar-refractivity contribution in [2.45, 2.75) is 131 Å². The maximum atomic E-state index is 14.1. The van der Waals surface area contributed by atoms with E-state index in [0.717, 1.165) is 120 Å². The van der Waals surface area contributed by atoms with Crippen molar-refractivity contribution < 1.29 is 65.1 Å². The Balaban J connectivity index is 0.770. The van der Waals surface area contributed by atoms with E-state index in [1.165, 1.54) is 30.5 Å². The van der Waals surface area contributed by atoms with Gasteiger partial charge in [0, 0.05) is 94.8 Å². The number of aromatic amines is 1. The van der Waals surface area contributed by atoms with Gasteiger partial charge in [-0.15, -0.1) is 11.8 Å². The Hall–Kier alpha value is -8.77. The van der Waals surface area contributed by atoms with Crippen LogP contribution in [0.25, 0.3) is 23.3 Å². The van der Waals surface area contributed by atoms with E-state index < -0.39 is 120 Å². The number of benzene rings is 4.